The first kappa shape index (κ1) is 16.1. The predicted molar refractivity (Wildman–Crippen MR) is 85.7 cm³/mol. The summed E-state index contributed by atoms with van der Waals surface area (Å²) in [4.78, 5) is 38.3. The van der Waals surface area contributed by atoms with Gasteiger partial charge in [0.2, 0.25) is 12.5 Å². The SMILES string of the molecule is C[C@@H]1CC(=O)[C@H](CC(=O)N2CCc3sccc3C2)[C@@H]1C[N+](=O)[O-]. The quantitative estimate of drug-likeness (QED) is 0.623. The molecule has 3 rings (SSSR count). The third-order valence-corrected chi connectivity index (χ3v) is 6.12. The van der Waals surface area contributed by atoms with Crippen LogP contribution in [-0.4, -0.2) is 34.6 Å². The molecule has 1 aromatic heterocycles. The summed E-state index contributed by atoms with van der Waals surface area (Å²) >= 11 is 1.71. The van der Waals surface area contributed by atoms with Gasteiger partial charge < -0.3 is 4.90 Å². The summed E-state index contributed by atoms with van der Waals surface area (Å²) in [5, 5.41) is 12.9. The Hall–Kier alpha value is -1.76. The van der Waals surface area contributed by atoms with Crippen LogP contribution in [0.4, 0.5) is 0 Å². The van der Waals surface area contributed by atoms with Gasteiger partial charge in [-0.25, -0.2) is 0 Å². The van der Waals surface area contributed by atoms with Crippen molar-refractivity contribution in [2.24, 2.45) is 17.8 Å². The van der Waals surface area contributed by atoms with Crippen LogP contribution >= 0.6 is 11.3 Å². The van der Waals surface area contributed by atoms with Crippen molar-refractivity contribution in [3.8, 4) is 0 Å². The molecule has 3 atom stereocenters. The zero-order valence-electron chi connectivity index (χ0n) is 13.1. The van der Waals surface area contributed by atoms with Gasteiger partial charge in [0.05, 0.1) is 0 Å². The third kappa shape index (κ3) is 3.29. The molecule has 0 unspecified atom stereocenters. The Morgan fingerprint density at radius 3 is 3.04 bits per heavy atom. The van der Waals surface area contributed by atoms with E-state index in [1.54, 1.807) is 16.2 Å². The molecule has 1 aliphatic heterocycles. The Morgan fingerprint density at radius 1 is 1.52 bits per heavy atom. The summed E-state index contributed by atoms with van der Waals surface area (Å²) in [6.45, 7) is 2.91. The van der Waals surface area contributed by atoms with E-state index in [2.05, 4.69) is 0 Å². The molecular weight excluding hydrogens is 316 g/mol. The largest absolute Gasteiger partial charge is 0.338 e. The molecule has 1 fully saturated rings. The summed E-state index contributed by atoms with van der Waals surface area (Å²) in [5.41, 5.74) is 1.18. The van der Waals surface area contributed by atoms with Gasteiger partial charge in [0.15, 0.2) is 0 Å². The van der Waals surface area contributed by atoms with Gasteiger partial charge in [-0.1, -0.05) is 6.92 Å². The van der Waals surface area contributed by atoms with Crippen LogP contribution < -0.4 is 0 Å². The molecule has 7 heteroatoms. The van der Waals surface area contributed by atoms with Crippen LogP contribution in [-0.2, 0) is 22.6 Å². The van der Waals surface area contributed by atoms with Crippen LogP contribution in [0.25, 0.3) is 0 Å². The molecule has 6 nitrogen and oxygen atoms in total. The van der Waals surface area contributed by atoms with E-state index in [4.69, 9.17) is 0 Å². The Morgan fingerprint density at radius 2 is 2.30 bits per heavy atom. The monoisotopic (exact) mass is 336 g/mol. The Labute approximate surface area is 138 Å². The maximum Gasteiger partial charge on any atom is 0.223 e. The molecule has 2 aliphatic rings. The van der Waals surface area contributed by atoms with Gasteiger partial charge in [-0.15, -0.1) is 11.3 Å². The number of carbonyl (C=O) groups excluding carboxylic acids is 2. The minimum Gasteiger partial charge on any atom is -0.338 e. The molecule has 1 aromatic rings. The van der Waals surface area contributed by atoms with E-state index < -0.39 is 5.92 Å². The van der Waals surface area contributed by atoms with Gasteiger partial charge in [0.1, 0.15) is 5.78 Å². The van der Waals surface area contributed by atoms with E-state index in [9.17, 15) is 19.7 Å². The molecule has 124 valence electrons. The van der Waals surface area contributed by atoms with E-state index in [1.165, 1.54) is 10.4 Å². The van der Waals surface area contributed by atoms with Crippen molar-refractivity contribution in [1.82, 2.24) is 4.90 Å². The zero-order valence-corrected chi connectivity index (χ0v) is 13.9. The molecule has 2 heterocycles. The molecule has 0 radical (unpaired) electrons. The molecule has 0 spiro atoms. The Balaban J connectivity index is 1.67. The van der Waals surface area contributed by atoms with Crippen LogP contribution in [0.3, 0.4) is 0 Å². The molecule has 1 amide bonds. The smallest absolute Gasteiger partial charge is 0.223 e. The summed E-state index contributed by atoms with van der Waals surface area (Å²) in [7, 11) is 0. The molecule has 0 bridgehead atoms. The van der Waals surface area contributed by atoms with Crippen molar-refractivity contribution < 1.29 is 14.5 Å². The fourth-order valence-corrected chi connectivity index (χ4v) is 4.67. The second kappa shape index (κ2) is 6.39. The summed E-state index contributed by atoms with van der Waals surface area (Å²) in [5.74, 6) is -0.876. The van der Waals surface area contributed by atoms with E-state index >= 15 is 0 Å². The van der Waals surface area contributed by atoms with Crippen molar-refractivity contribution in [2.45, 2.75) is 32.7 Å². The fraction of sp³-hybridized carbons (Fsp3) is 0.625. The second-order valence-electron chi connectivity index (χ2n) is 6.57. The van der Waals surface area contributed by atoms with Crippen molar-refractivity contribution in [3.05, 3.63) is 32.0 Å². The number of fused-ring (bicyclic) bond motifs is 1. The van der Waals surface area contributed by atoms with Crippen molar-refractivity contribution >= 4 is 23.0 Å². The molecular formula is C16H20N2O4S. The number of carbonyl (C=O) groups is 2. The standard InChI is InChI=1S/C16H20N2O4S/c1-10-6-14(19)12(13(10)9-18(21)22)7-16(20)17-4-2-15-11(8-17)3-5-23-15/h3,5,10,12-13H,2,4,6-9H2,1H3/t10-,12-,13-/m1/s1. The average Bonchev–Trinajstić information content (AvgIpc) is 3.05. The minimum atomic E-state index is -0.494. The summed E-state index contributed by atoms with van der Waals surface area (Å²) < 4.78 is 0. The van der Waals surface area contributed by atoms with Gasteiger partial charge in [-0.2, -0.15) is 0 Å². The number of hydrogen-bond donors (Lipinski definition) is 0. The highest BCUT2D eigenvalue weighted by Gasteiger charge is 2.44. The van der Waals surface area contributed by atoms with E-state index in [0.29, 0.717) is 19.5 Å². The molecule has 0 aromatic carbocycles. The lowest BCUT2D eigenvalue weighted by atomic mass is 9.87. The molecule has 1 saturated carbocycles. The third-order valence-electron chi connectivity index (χ3n) is 5.10. The van der Waals surface area contributed by atoms with Crippen LogP contribution in [0.1, 0.15) is 30.2 Å². The first-order valence-corrected chi connectivity index (χ1v) is 8.81. The Kier molecular flexibility index (Phi) is 4.48. The van der Waals surface area contributed by atoms with Crippen LogP contribution in [0, 0.1) is 27.9 Å². The topological polar surface area (TPSA) is 80.5 Å². The fourth-order valence-electron chi connectivity index (χ4n) is 3.78. The van der Waals surface area contributed by atoms with E-state index in [0.717, 1.165) is 6.42 Å². The number of Topliss-reactive ketones (excluding diaryl/α,β-unsaturated/α-hetero) is 1. The predicted octanol–water partition coefficient (Wildman–Crippen LogP) is 2.14. The van der Waals surface area contributed by atoms with E-state index in [1.807, 2.05) is 18.4 Å². The number of nitro groups is 1. The average molecular weight is 336 g/mol. The van der Waals surface area contributed by atoms with Gasteiger partial charge in [-0.05, 0) is 29.3 Å². The van der Waals surface area contributed by atoms with Crippen LogP contribution in [0.5, 0.6) is 0 Å². The normalized spacial score (nSPS) is 27.1. The Bertz CT molecular complexity index is 642. The van der Waals surface area contributed by atoms with Gasteiger partial charge >= 0.3 is 0 Å². The van der Waals surface area contributed by atoms with Crippen molar-refractivity contribution in [3.63, 3.8) is 0 Å². The number of thiophene rings is 1. The van der Waals surface area contributed by atoms with Crippen LogP contribution in [0.2, 0.25) is 0 Å². The lowest BCUT2D eigenvalue weighted by Crippen LogP contribution is -2.38. The summed E-state index contributed by atoms with van der Waals surface area (Å²) in [6, 6.07) is 2.04. The highest BCUT2D eigenvalue weighted by Crippen LogP contribution is 2.37. The molecule has 0 saturated heterocycles. The maximum atomic E-state index is 12.6. The van der Waals surface area contributed by atoms with Crippen molar-refractivity contribution in [1.29, 1.82) is 0 Å². The molecule has 0 N–H and O–H groups in total. The van der Waals surface area contributed by atoms with Gasteiger partial charge in [-0.3, -0.25) is 19.7 Å². The second-order valence-corrected chi connectivity index (χ2v) is 7.57. The minimum absolute atomic E-state index is 0.00549. The highest BCUT2D eigenvalue weighted by molar-refractivity contribution is 7.10. The lowest BCUT2D eigenvalue weighted by Gasteiger charge is -2.28. The number of nitrogens with zero attached hydrogens (tertiary/aromatic N) is 2. The number of ketones is 1. The van der Waals surface area contributed by atoms with Gasteiger partial charge in [0.25, 0.3) is 0 Å². The van der Waals surface area contributed by atoms with Gasteiger partial charge in [0, 0.05) is 47.6 Å². The molecule has 23 heavy (non-hydrogen) atoms. The number of amides is 1. The zero-order chi connectivity index (χ0) is 16.6. The first-order valence-electron chi connectivity index (χ1n) is 7.93. The first-order chi connectivity index (χ1) is 11.0. The highest BCUT2D eigenvalue weighted by atomic mass is 32.1. The van der Waals surface area contributed by atoms with Crippen LogP contribution in [0.15, 0.2) is 11.4 Å². The number of hydrogen-bond acceptors (Lipinski definition) is 5. The number of rotatable bonds is 4. The van der Waals surface area contributed by atoms with Crippen molar-refractivity contribution in [2.75, 3.05) is 13.1 Å². The molecule has 1 aliphatic carbocycles. The maximum absolute atomic E-state index is 12.6. The lowest BCUT2D eigenvalue weighted by molar-refractivity contribution is -0.490. The van der Waals surface area contributed by atoms with E-state index in [-0.39, 0.29) is 41.4 Å². The summed E-state index contributed by atoms with van der Waals surface area (Å²) in [6.07, 6.45) is 1.32.